The topological polar surface area (TPSA) is 41.5 Å². The minimum Gasteiger partial charge on any atom is -0.389 e. The van der Waals surface area contributed by atoms with Gasteiger partial charge in [-0.1, -0.05) is 26.7 Å². The van der Waals surface area contributed by atoms with E-state index in [1.165, 1.54) is 25.7 Å². The highest BCUT2D eigenvalue weighted by Gasteiger charge is 2.29. The predicted octanol–water partition coefficient (Wildman–Crippen LogP) is 2.58. The number of hydrogen-bond donors (Lipinski definition) is 2. The molecule has 2 N–H and O–H groups in total. The fourth-order valence-electron chi connectivity index (χ4n) is 2.97. The van der Waals surface area contributed by atoms with Crippen LogP contribution in [0.15, 0.2) is 0 Å². The zero-order valence-corrected chi connectivity index (χ0v) is 12.5. The first-order valence-corrected chi connectivity index (χ1v) is 7.41. The molecule has 0 radical (unpaired) electrons. The van der Waals surface area contributed by atoms with Crippen LogP contribution in [0.1, 0.15) is 52.9 Å². The molecule has 3 heteroatoms. The monoisotopic (exact) mass is 257 g/mol. The molecule has 108 valence electrons. The van der Waals surface area contributed by atoms with Crippen LogP contribution < -0.4 is 5.32 Å². The van der Waals surface area contributed by atoms with Crippen molar-refractivity contribution in [3.63, 3.8) is 0 Å². The molecule has 0 amide bonds. The Morgan fingerprint density at radius 3 is 2.61 bits per heavy atom. The zero-order valence-electron chi connectivity index (χ0n) is 12.5. The molecule has 0 aromatic rings. The molecule has 0 saturated heterocycles. The van der Waals surface area contributed by atoms with Gasteiger partial charge in [-0.25, -0.2) is 0 Å². The molecular formula is C15H31NO2. The second-order valence-electron chi connectivity index (χ2n) is 6.42. The summed E-state index contributed by atoms with van der Waals surface area (Å²) in [7, 11) is 1.68. The smallest absolute Gasteiger partial charge is 0.0765 e. The first-order chi connectivity index (χ1) is 8.46. The van der Waals surface area contributed by atoms with E-state index in [9.17, 15) is 5.11 Å². The average molecular weight is 257 g/mol. The quantitative estimate of drug-likeness (QED) is 0.736. The van der Waals surface area contributed by atoms with Gasteiger partial charge in [-0.3, -0.25) is 0 Å². The summed E-state index contributed by atoms with van der Waals surface area (Å²) < 4.78 is 5.04. The Morgan fingerprint density at radius 2 is 2.00 bits per heavy atom. The number of rotatable bonds is 7. The van der Waals surface area contributed by atoms with E-state index in [2.05, 4.69) is 19.2 Å². The van der Waals surface area contributed by atoms with Gasteiger partial charge >= 0.3 is 0 Å². The van der Waals surface area contributed by atoms with Gasteiger partial charge in [0.1, 0.15) is 0 Å². The minimum atomic E-state index is -0.658. The lowest BCUT2D eigenvalue weighted by Gasteiger charge is -2.37. The molecule has 18 heavy (non-hydrogen) atoms. The Bertz CT molecular complexity index is 229. The summed E-state index contributed by atoms with van der Waals surface area (Å²) in [6.45, 7) is 7.81. The lowest BCUT2D eigenvalue weighted by molar-refractivity contribution is 0.0183. The van der Waals surface area contributed by atoms with Gasteiger partial charge in [-0.05, 0) is 31.6 Å². The van der Waals surface area contributed by atoms with E-state index in [4.69, 9.17) is 4.74 Å². The number of hydrogen-bond acceptors (Lipinski definition) is 3. The molecule has 3 atom stereocenters. The van der Waals surface area contributed by atoms with Crippen molar-refractivity contribution in [1.29, 1.82) is 0 Å². The molecule has 3 unspecified atom stereocenters. The van der Waals surface area contributed by atoms with E-state index in [-0.39, 0.29) is 0 Å². The average Bonchev–Trinajstić information content (AvgIpc) is 2.34. The van der Waals surface area contributed by atoms with Gasteiger partial charge in [0.05, 0.1) is 5.60 Å². The van der Waals surface area contributed by atoms with E-state index >= 15 is 0 Å². The molecule has 0 heterocycles. The third kappa shape index (κ3) is 5.25. The van der Waals surface area contributed by atoms with Crippen LogP contribution in [0.4, 0.5) is 0 Å². The van der Waals surface area contributed by atoms with E-state index in [0.29, 0.717) is 25.6 Å². The van der Waals surface area contributed by atoms with E-state index in [0.717, 1.165) is 11.8 Å². The molecule has 1 rings (SSSR count). The summed E-state index contributed by atoms with van der Waals surface area (Å²) in [4.78, 5) is 0. The minimum absolute atomic E-state index is 0.577. The van der Waals surface area contributed by atoms with Crippen LogP contribution in [0.3, 0.4) is 0 Å². The number of aliphatic hydroxyl groups is 1. The fraction of sp³-hybridized carbons (Fsp3) is 1.00. The van der Waals surface area contributed by atoms with Crippen LogP contribution in [-0.2, 0) is 4.74 Å². The van der Waals surface area contributed by atoms with Crippen LogP contribution >= 0.6 is 0 Å². The van der Waals surface area contributed by atoms with Crippen molar-refractivity contribution in [3.05, 3.63) is 0 Å². The molecule has 0 aromatic carbocycles. The molecule has 0 aromatic heterocycles. The standard InChI is InChI=1S/C15H31NO2/c1-12(2)13-7-5-6-8-14(13)16-11-15(3,17)9-10-18-4/h12-14,16-17H,5-11H2,1-4H3. The highest BCUT2D eigenvalue weighted by Crippen LogP contribution is 2.30. The maximum absolute atomic E-state index is 10.3. The van der Waals surface area contributed by atoms with Gasteiger partial charge in [0.15, 0.2) is 0 Å². The lowest BCUT2D eigenvalue weighted by atomic mass is 9.77. The molecule has 0 spiro atoms. The number of nitrogens with one attached hydrogen (secondary N) is 1. The van der Waals surface area contributed by atoms with Gasteiger partial charge in [-0.2, -0.15) is 0 Å². The first-order valence-electron chi connectivity index (χ1n) is 7.41. The summed E-state index contributed by atoms with van der Waals surface area (Å²) in [5.41, 5.74) is -0.658. The van der Waals surface area contributed by atoms with Crippen molar-refractivity contribution in [2.45, 2.75) is 64.5 Å². The molecule has 1 aliphatic carbocycles. The van der Waals surface area contributed by atoms with Gasteiger partial charge in [0, 0.05) is 32.7 Å². The number of ether oxygens (including phenoxy) is 1. The highest BCUT2D eigenvalue weighted by atomic mass is 16.5. The fourth-order valence-corrected chi connectivity index (χ4v) is 2.97. The van der Waals surface area contributed by atoms with Crippen LogP contribution in [0.25, 0.3) is 0 Å². The van der Waals surface area contributed by atoms with Crippen LogP contribution in [0.2, 0.25) is 0 Å². The molecular weight excluding hydrogens is 226 g/mol. The normalized spacial score (nSPS) is 28.3. The van der Waals surface area contributed by atoms with Crippen molar-refractivity contribution in [3.8, 4) is 0 Å². The maximum atomic E-state index is 10.3. The predicted molar refractivity (Wildman–Crippen MR) is 75.7 cm³/mol. The SMILES string of the molecule is COCCC(C)(O)CNC1CCCCC1C(C)C. The van der Waals surface area contributed by atoms with Gasteiger partial charge in [0.2, 0.25) is 0 Å². The maximum Gasteiger partial charge on any atom is 0.0765 e. The zero-order chi connectivity index (χ0) is 13.6. The third-order valence-electron chi connectivity index (χ3n) is 4.27. The second-order valence-corrected chi connectivity index (χ2v) is 6.42. The molecule has 3 nitrogen and oxygen atoms in total. The Hall–Kier alpha value is -0.120. The largest absolute Gasteiger partial charge is 0.389 e. The molecule has 1 saturated carbocycles. The second kappa shape index (κ2) is 7.46. The van der Waals surface area contributed by atoms with Gasteiger partial charge in [0.25, 0.3) is 0 Å². The van der Waals surface area contributed by atoms with E-state index < -0.39 is 5.60 Å². The van der Waals surface area contributed by atoms with Gasteiger partial charge < -0.3 is 15.2 Å². The molecule has 1 fully saturated rings. The van der Waals surface area contributed by atoms with E-state index in [1.807, 2.05) is 6.92 Å². The third-order valence-corrected chi connectivity index (χ3v) is 4.27. The summed E-state index contributed by atoms with van der Waals surface area (Å²) in [6, 6.07) is 0.577. The first kappa shape index (κ1) is 15.9. The number of methoxy groups -OCH3 is 1. The van der Waals surface area contributed by atoms with Crippen molar-refractivity contribution in [2.24, 2.45) is 11.8 Å². The summed E-state index contributed by atoms with van der Waals surface area (Å²) in [5.74, 6) is 1.49. The summed E-state index contributed by atoms with van der Waals surface area (Å²) in [5, 5.41) is 13.9. The van der Waals surface area contributed by atoms with Crippen molar-refractivity contribution >= 4 is 0 Å². The van der Waals surface area contributed by atoms with Crippen LogP contribution in [0, 0.1) is 11.8 Å². The Kier molecular flexibility index (Phi) is 6.61. The van der Waals surface area contributed by atoms with E-state index in [1.54, 1.807) is 7.11 Å². The molecule has 0 bridgehead atoms. The highest BCUT2D eigenvalue weighted by molar-refractivity contribution is 4.86. The molecule has 0 aliphatic heterocycles. The van der Waals surface area contributed by atoms with Crippen molar-refractivity contribution < 1.29 is 9.84 Å². The lowest BCUT2D eigenvalue weighted by Crippen LogP contribution is -2.48. The molecule has 1 aliphatic rings. The van der Waals surface area contributed by atoms with Crippen molar-refractivity contribution in [2.75, 3.05) is 20.3 Å². The van der Waals surface area contributed by atoms with Crippen molar-refractivity contribution in [1.82, 2.24) is 5.32 Å². The summed E-state index contributed by atoms with van der Waals surface area (Å²) in [6.07, 6.45) is 5.95. The summed E-state index contributed by atoms with van der Waals surface area (Å²) >= 11 is 0. The Morgan fingerprint density at radius 1 is 1.33 bits per heavy atom. The Balaban J connectivity index is 2.40. The Labute approximate surface area is 112 Å². The van der Waals surface area contributed by atoms with Gasteiger partial charge in [-0.15, -0.1) is 0 Å². The van der Waals surface area contributed by atoms with Crippen LogP contribution in [0.5, 0.6) is 0 Å². The van der Waals surface area contributed by atoms with Crippen LogP contribution in [-0.4, -0.2) is 37.0 Å².